The molecule has 2 aromatic carbocycles. The van der Waals surface area contributed by atoms with Crippen LogP contribution in [0.2, 0.25) is 5.02 Å². The number of methoxy groups -OCH3 is 2. The van der Waals surface area contributed by atoms with Gasteiger partial charge >= 0.3 is 0 Å². The van der Waals surface area contributed by atoms with Crippen molar-refractivity contribution in [3.63, 3.8) is 0 Å². The molecule has 1 amide bonds. The van der Waals surface area contributed by atoms with Crippen LogP contribution in [-0.4, -0.2) is 29.7 Å². The third kappa shape index (κ3) is 3.13. The number of anilines is 1. The van der Waals surface area contributed by atoms with Gasteiger partial charge in [-0.15, -0.1) is 0 Å². The van der Waals surface area contributed by atoms with Gasteiger partial charge in [0, 0.05) is 12.1 Å². The Bertz CT molecular complexity index is 937. The second-order valence-corrected chi connectivity index (χ2v) is 5.72. The number of fused-ring (bicyclic) bond motifs is 1. The Balaban J connectivity index is 1.97. The first kappa shape index (κ1) is 17.1. The fourth-order valence-corrected chi connectivity index (χ4v) is 3.00. The van der Waals surface area contributed by atoms with Crippen LogP contribution >= 0.6 is 11.6 Å². The van der Waals surface area contributed by atoms with Crippen LogP contribution in [0.25, 0.3) is 11.0 Å². The number of rotatable bonds is 5. The van der Waals surface area contributed by atoms with Crippen molar-refractivity contribution in [2.24, 2.45) is 0 Å². The lowest BCUT2D eigenvalue weighted by atomic mass is 10.2. The first-order chi connectivity index (χ1) is 12.1. The minimum atomic E-state index is -0.326. The number of ether oxygens (including phenoxy) is 2. The Morgan fingerprint density at radius 1 is 1.24 bits per heavy atom. The highest BCUT2D eigenvalue weighted by atomic mass is 35.5. The lowest BCUT2D eigenvalue weighted by molar-refractivity contribution is 0.102. The van der Waals surface area contributed by atoms with E-state index in [0.29, 0.717) is 34.6 Å². The molecule has 0 aliphatic heterocycles. The summed E-state index contributed by atoms with van der Waals surface area (Å²) in [7, 11) is 2.99. The molecule has 25 heavy (non-hydrogen) atoms. The number of hydrogen-bond acceptors (Lipinski definition) is 4. The number of imidazole rings is 1. The highest BCUT2D eigenvalue weighted by Gasteiger charge is 2.17. The van der Waals surface area contributed by atoms with Crippen LogP contribution < -0.4 is 14.8 Å². The van der Waals surface area contributed by atoms with Gasteiger partial charge in [0.1, 0.15) is 0 Å². The zero-order valence-electron chi connectivity index (χ0n) is 14.2. The second-order valence-electron chi connectivity index (χ2n) is 5.32. The highest BCUT2D eigenvalue weighted by Crippen LogP contribution is 2.36. The van der Waals surface area contributed by atoms with E-state index in [2.05, 4.69) is 10.3 Å². The van der Waals surface area contributed by atoms with Gasteiger partial charge in [-0.25, -0.2) is 4.98 Å². The van der Waals surface area contributed by atoms with Crippen LogP contribution in [0, 0.1) is 0 Å². The number of halogens is 1. The number of benzene rings is 2. The van der Waals surface area contributed by atoms with E-state index in [1.54, 1.807) is 6.07 Å². The Morgan fingerprint density at radius 2 is 2.00 bits per heavy atom. The van der Waals surface area contributed by atoms with Gasteiger partial charge < -0.3 is 14.0 Å². The van der Waals surface area contributed by atoms with Crippen molar-refractivity contribution < 1.29 is 14.3 Å². The summed E-state index contributed by atoms with van der Waals surface area (Å²) in [6, 6.07) is 10.8. The fraction of sp³-hybridized carbons (Fsp3) is 0.222. The quantitative estimate of drug-likeness (QED) is 0.748. The van der Waals surface area contributed by atoms with Crippen LogP contribution in [0.5, 0.6) is 11.5 Å². The zero-order chi connectivity index (χ0) is 18.0. The summed E-state index contributed by atoms with van der Waals surface area (Å²) in [5.74, 6) is 0.943. The maximum absolute atomic E-state index is 12.7. The fourth-order valence-electron chi connectivity index (χ4n) is 2.71. The molecule has 0 fully saturated rings. The van der Waals surface area contributed by atoms with Gasteiger partial charge in [0.25, 0.3) is 5.91 Å². The summed E-state index contributed by atoms with van der Waals surface area (Å²) in [6.45, 7) is 2.68. The molecular weight excluding hydrogens is 342 g/mol. The largest absolute Gasteiger partial charge is 0.493 e. The standard InChI is InChI=1S/C18H18ClN3O3/c1-4-22-14-8-6-5-7-13(14)20-18(22)21-17(23)11-9-12(19)16(25-3)15(10-11)24-2/h5-10H,4H2,1-3H3,(H,20,21,23). The number of carbonyl (C=O) groups is 1. The zero-order valence-corrected chi connectivity index (χ0v) is 14.9. The van der Waals surface area contributed by atoms with Crippen LogP contribution in [0.15, 0.2) is 36.4 Å². The topological polar surface area (TPSA) is 65.4 Å². The van der Waals surface area contributed by atoms with Crippen molar-refractivity contribution >= 4 is 34.5 Å². The van der Waals surface area contributed by atoms with Gasteiger partial charge in [0.2, 0.25) is 5.95 Å². The van der Waals surface area contributed by atoms with Crippen molar-refractivity contribution in [1.82, 2.24) is 9.55 Å². The minimum Gasteiger partial charge on any atom is -0.493 e. The molecule has 0 saturated heterocycles. The van der Waals surface area contributed by atoms with Crippen molar-refractivity contribution in [1.29, 1.82) is 0 Å². The number of nitrogens with one attached hydrogen (secondary N) is 1. The monoisotopic (exact) mass is 359 g/mol. The molecule has 1 N–H and O–H groups in total. The normalized spacial score (nSPS) is 10.7. The number of hydrogen-bond donors (Lipinski definition) is 1. The molecule has 3 aromatic rings. The molecule has 0 saturated carbocycles. The van der Waals surface area contributed by atoms with E-state index < -0.39 is 0 Å². The Hall–Kier alpha value is -2.73. The number of aromatic nitrogens is 2. The molecule has 0 bridgehead atoms. The van der Waals surface area contributed by atoms with Gasteiger partial charge in [0.15, 0.2) is 11.5 Å². The number of carbonyl (C=O) groups excluding carboxylic acids is 1. The first-order valence-electron chi connectivity index (χ1n) is 7.77. The predicted molar refractivity (Wildman–Crippen MR) is 97.9 cm³/mol. The SMILES string of the molecule is CCn1c(NC(=O)c2cc(Cl)c(OC)c(OC)c2)nc2ccccc21. The molecule has 0 aliphatic carbocycles. The predicted octanol–water partition coefficient (Wildman–Crippen LogP) is 3.98. The first-order valence-corrected chi connectivity index (χ1v) is 8.15. The Kier molecular flexibility index (Phi) is 4.81. The maximum atomic E-state index is 12.7. The van der Waals surface area contributed by atoms with E-state index in [-0.39, 0.29) is 5.91 Å². The molecule has 1 aromatic heterocycles. The second kappa shape index (κ2) is 7.03. The molecule has 130 valence electrons. The molecule has 0 aliphatic rings. The number of nitrogens with zero attached hydrogens (tertiary/aromatic N) is 2. The van der Waals surface area contributed by atoms with E-state index in [0.717, 1.165) is 11.0 Å². The Morgan fingerprint density at radius 3 is 2.68 bits per heavy atom. The summed E-state index contributed by atoms with van der Waals surface area (Å²) in [5.41, 5.74) is 2.15. The van der Waals surface area contributed by atoms with E-state index >= 15 is 0 Å². The molecule has 6 nitrogen and oxygen atoms in total. The molecule has 0 radical (unpaired) electrons. The molecule has 0 spiro atoms. The number of para-hydroxylation sites is 2. The molecule has 7 heteroatoms. The van der Waals surface area contributed by atoms with Crippen LogP contribution in [0.4, 0.5) is 5.95 Å². The van der Waals surface area contributed by atoms with Gasteiger partial charge in [-0.2, -0.15) is 0 Å². The van der Waals surface area contributed by atoms with Crippen molar-refractivity contribution in [3.8, 4) is 11.5 Å². The molecular formula is C18H18ClN3O3. The van der Waals surface area contributed by atoms with Crippen LogP contribution in [0.1, 0.15) is 17.3 Å². The average Bonchev–Trinajstić information content (AvgIpc) is 2.97. The third-order valence-corrected chi connectivity index (χ3v) is 4.17. The van der Waals surface area contributed by atoms with Crippen LogP contribution in [-0.2, 0) is 6.54 Å². The van der Waals surface area contributed by atoms with Crippen molar-refractivity contribution in [2.75, 3.05) is 19.5 Å². The maximum Gasteiger partial charge on any atom is 0.258 e. The summed E-state index contributed by atoms with van der Waals surface area (Å²) in [5, 5.41) is 3.14. The third-order valence-electron chi connectivity index (χ3n) is 3.89. The van der Waals surface area contributed by atoms with Gasteiger partial charge in [-0.3, -0.25) is 10.1 Å². The average molecular weight is 360 g/mol. The molecule has 3 rings (SSSR count). The van der Waals surface area contributed by atoms with Gasteiger partial charge in [-0.1, -0.05) is 23.7 Å². The summed E-state index contributed by atoms with van der Waals surface area (Å²) in [4.78, 5) is 17.1. The smallest absolute Gasteiger partial charge is 0.258 e. The molecule has 0 unspecified atom stereocenters. The van der Waals surface area contributed by atoms with Gasteiger partial charge in [-0.05, 0) is 31.2 Å². The van der Waals surface area contributed by atoms with E-state index in [9.17, 15) is 4.79 Å². The number of aryl methyl sites for hydroxylation is 1. The lowest BCUT2D eigenvalue weighted by Crippen LogP contribution is -2.16. The van der Waals surface area contributed by atoms with Crippen molar-refractivity contribution in [2.45, 2.75) is 13.5 Å². The van der Waals surface area contributed by atoms with Crippen molar-refractivity contribution in [3.05, 3.63) is 47.0 Å². The molecule has 1 heterocycles. The number of amides is 1. The van der Waals surface area contributed by atoms with E-state index in [1.165, 1.54) is 20.3 Å². The molecule has 0 atom stereocenters. The minimum absolute atomic E-state index is 0.302. The summed E-state index contributed by atoms with van der Waals surface area (Å²) in [6.07, 6.45) is 0. The summed E-state index contributed by atoms with van der Waals surface area (Å²) < 4.78 is 12.4. The van der Waals surface area contributed by atoms with E-state index in [1.807, 2.05) is 35.8 Å². The highest BCUT2D eigenvalue weighted by molar-refractivity contribution is 6.32. The van der Waals surface area contributed by atoms with Gasteiger partial charge in [0.05, 0.1) is 30.3 Å². The van der Waals surface area contributed by atoms with E-state index in [4.69, 9.17) is 21.1 Å². The lowest BCUT2D eigenvalue weighted by Gasteiger charge is -2.12. The Labute approximate surface area is 150 Å². The van der Waals surface area contributed by atoms with Crippen LogP contribution in [0.3, 0.4) is 0 Å². The summed E-state index contributed by atoms with van der Waals surface area (Å²) >= 11 is 6.18.